The predicted molar refractivity (Wildman–Crippen MR) is 67.8 cm³/mol. The maximum Gasteiger partial charge on any atom is 0.128 e. The molecular formula is C14H14N2O3. The predicted octanol–water partition coefficient (Wildman–Crippen LogP) is 1.47. The minimum atomic E-state index is -0.745. The fraction of sp³-hybridized carbons (Fsp3) is 0.286. The molecule has 2 N–H and O–H groups in total. The molecule has 1 aliphatic heterocycles. The molecule has 0 fully saturated rings. The number of hydrogen-bond acceptors (Lipinski definition) is 5. The van der Waals surface area contributed by atoms with E-state index >= 15 is 0 Å². The Kier molecular flexibility index (Phi) is 3.05. The van der Waals surface area contributed by atoms with Gasteiger partial charge in [-0.3, -0.25) is 0 Å². The second-order valence-corrected chi connectivity index (χ2v) is 4.66. The Labute approximate surface area is 110 Å². The highest BCUT2D eigenvalue weighted by Gasteiger charge is 2.31. The number of phenols is 1. The average Bonchev–Trinajstić information content (AvgIpc) is 2.43. The van der Waals surface area contributed by atoms with Crippen molar-refractivity contribution in [1.29, 1.82) is 0 Å². The fourth-order valence-corrected chi connectivity index (χ4v) is 2.39. The zero-order valence-electron chi connectivity index (χ0n) is 10.2. The van der Waals surface area contributed by atoms with Gasteiger partial charge in [0, 0.05) is 18.3 Å². The lowest BCUT2D eigenvalue weighted by Gasteiger charge is -2.30. The summed E-state index contributed by atoms with van der Waals surface area (Å²) in [5.41, 5.74) is 1.41. The molecule has 2 heterocycles. The Morgan fingerprint density at radius 2 is 2.05 bits per heavy atom. The molecule has 98 valence electrons. The van der Waals surface area contributed by atoms with Crippen molar-refractivity contribution in [3.8, 4) is 11.5 Å². The van der Waals surface area contributed by atoms with Crippen LogP contribution in [0.2, 0.25) is 0 Å². The zero-order chi connectivity index (χ0) is 13.2. The van der Waals surface area contributed by atoms with Gasteiger partial charge in [0.05, 0.1) is 18.3 Å². The molecule has 0 bridgehead atoms. The van der Waals surface area contributed by atoms with Crippen molar-refractivity contribution in [2.24, 2.45) is 5.92 Å². The summed E-state index contributed by atoms with van der Waals surface area (Å²) in [5, 5.41) is 20.2. The second kappa shape index (κ2) is 4.85. The summed E-state index contributed by atoms with van der Waals surface area (Å²) in [5.74, 6) is 0.499. The monoisotopic (exact) mass is 258 g/mol. The highest BCUT2D eigenvalue weighted by atomic mass is 16.5. The normalized spacial score (nSPS) is 21.5. The van der Waals surface area contributed by atoms with Crippen molar-refractivity contribution in [3.63, 3.8) is 0 Å². The van der Waals surface area contributed by atoms with Gasteiger partial charge in [0.15, 0.2) is 0 Å². The van der Waals surface area contributed by atoms with Gasteiger partial charge in [0.2, 0.25) is 0 Å². The van der Waals surface area contributed by atoms with E-state index in [0.717, 1.165) is 5.56 Å². The molecule has 2 aromatic rings. The first kappa shape index (κ1) is 11.9. The largest absolute Gasteiger partial charge is 0.507 e. The van der Waals surface area contributed by atoms with E-state index in [-0.39, 0.29) is 11.7 Å². The quantitative estimate of drug-likeness (QED) is 0.853. The van der Waals surface area contributed by atoms with Crippen LogP contribution >= 0.6 is 0 Å². The number of nitrogens with zero attached hydrogens (tertiary/aromatic N) is 2. The lowest BCUT2D eigenvalue weighted by Crippen LogP contribution is -2.27. The number of aliphatic hydroxyl groups is 1. The Morgan fingerprint density at radius 1 is 1.26 bits per heavy atom. The first-order valence-corrected chi connectivity index (χ1v) is 6.12. The molecule has 19 heavy (non-hydrogen) atoms. The van der Waals surface area contributed by atoms with Crippen LogP contribution in [0.5, 0.6) is 11.5 Å². The van der Waals surface area contributed by atoms with Crippen LogP contribution in [0, 0.1) is 5.92 Å². The molecule has 0 radical (unpaired) electrons. The summed E-state index contributed by atoms with van der Waals surface area (Å²) in [7, 11) is 0. The van der Waals surface area contributed by atoms with E-state index < -0.39 is 6.10 Å². The summed E-state index contributed by atoms with van der Waals surface area (Å²) in [6.07, 6.45) is 4.78. The number of fused-ring (bicyclic) bond motifs is 1. The molecule has 2 atom stereocenters. The summed E-state index contributed by atoms with van der Waals surface area (Å²) < 4.78 is 5.60. The summed E-state index contributed by atoms with van der Waals surface area (Å²) in [4.78, 5) is 7.91. The van der Waals surface area contributed by atoms with Crippen LogP contribution in [0.25, 0.3) is 0 Å². The van der Waals surface area contributed by atoms with Gasteiger partial charge in [-0.1, -0.05) is 6.07 Å². The molecule has 1 aliphatic rings. The van der Waals surface area contributed by atoms with Crippen LogP contribution in [0.1, 0.15) is 17.2 Å². The highest BCUT2D eigenvalue weighted by molar-refractivity contribution is 5.46. The highest BCUT2D eigenvalue weighted by Crippen LogP contribution is 2.41. The number of aromatic nitrogens is 2. The van der Waals surface area contributed by atoms with Crippen LogP contribution in [-0.4, -0.2) is 26.8 Å². The van der Waals surface area contributed by atoms with Gasteiger partial charge in [-0.25, -0.2) is 9.97 Å². The van der Waals surface area contributed by atoms with E-state index in [1.165, 1.54) is 6.33 Å². The molecule has 5 heteroatoms. The molecule has 0 spiro atoms. The van der Waals surface area contributed by atoms with Gasteiger partial charge in [-0.05, 0) is 24.1 Å². The topological polar surface area (TPSA) is 75.5 Å². The number of ether oxygens (including phenoxy) is 1. The standard InChI is InChI=1S/C14H14N2O3/c17-11-2-1-3-12-13(11)14(18)10(7-19-12)4-9-5-15-8-16-6-9/h1-3,5-6,8,10,14,17-18H,4,7H2. The summed E-state index contributed by atoms with van der Waals surface area (Å²) >= 11 is 0. The first-order chi connectivity index (χ1) is 9.25. The second-order valence-electron chi connectivity index (χ2n) is 4.66. The van der Waals surface area contributed by atoms with E-state index in [1.54, 1.807) is 30.6 Å². The van der Waals surface area contributed by atoms with E-state index in [0.29, 0.717) is 24.3 Å². The number of phenolic OH excluding ortho intramolecular Hbond substituents is 1. The van der Waals surface area contributed by atoms with Crippen LogP contribution < -0.4 is 4.74 Å². The van der Waals surface area contributed by atoms with Crippen LogP contribution in [0.3, 0.4) is 0 Å². The van der Waals surface area contributed by atoms with Crippen LogP contribution in [0.4, 0.5) is 0 Å². The van der Waals surface area contributed by atoms with E-state index in [9.17, 15) is 10.2 Å². The van der Waals surface area contributed by atoms with Crippen molar-refractivity contribution in [3.05, 3.63) is 48.0 Å². The number of aromatic hydroxyl groups is 1. The number of rotatable bonds is 2. The average molecular weight is 258 g/mol. The van der Waals surface area contributed by atoms with Gasteiger partial charge < -0.3 is 14.9 Å². The lowest BCUT2D eigenvalue weighted by molar-refractivity contribution is 0.0484. The van der Waals surface area contributed by atoms with Crippen LogP contribution in [-0.2, 0) is 6.42 Å². The third kappa shape index (κ3) is 2.24. The molecule has 0 amide bonds. The van der Waals surface area contributed by atoms with Gasteiger partial charge in [0.25, 0.3) is 0 Å². The third-order valence-corrected chi connectivity index (χ3v) is 3.35. The molecule has 1 aromatic heterocycles. The van der Waals surface area contributed by atoms with Crippen molar-refractivity contribution in [2.45, 2.75) is 12.5 Å². The first-order valence-electron chi connectivity index (χ1n) is 6.12. The van der Waals surface area contributed by atoms with E-state index in [2.05, 4.69) is 9.97 Å². The smallest absolute Gasteiger partial charge is 0.128 e. The van der Waals surface area contributed by atoms with Crippen molar-refractivity contribution < 1.29 is 14.9 Å². The van der Waals surface area contributed by atoms with Crippen molar-refractivity contribution >= 4 is 0 Å². The molecular weight excluding hydrogens is 244 g/mol. The molecule has 0 saturated carbocycles. The van der Waals surface area contributed by atoms with Gasteiger partial charge in [0.1, 0.15) is 17.8 Å². The molecule has 2 unspecified atom stereocenters. The molecule has 0 saturated heterocycles. The molecule has 5 nitrogen and oxygen atoms in total. The SMILES string of the molecule is Oc1cccc2c1C(O)C(Cc1cncnc1)CO2. The van der Waals surface area contributed by atoms with E-state index in [1.807, 2.05) is 0 Å². The Bertz CT molecular complexity index is 574. The van der Waals surface area contributed by atoms with Crippen molar-refractivity contribution in [2.75, 3.05) is 6.61 Å². The Balaban J connectivity index is 1.85. The summed E-state index contributed by atoms with van der Waals surface area (Å²) in [6, 6.07) is 5.01. The minimum Gasteiger partial charge on any atom is -0.507 e. The van der Waals surface area contributed by atoms with E-state index in [4.69, 9.17) is 4.74 Å². The Morgan fingerprint density at radius 3 is 2.84 bits per heavy atom. The maximum atomic E-state index is 10.4. The molecule has 3 rings (SSSR count). The molecule has 1 aromatic carbocycles. The molecule has 0 aliphatic carbocycles. The summed E-state index contributed by atoms with van der Waals surface area (Å²) in [6.45, 7) is 0.409. The van der Waals surface area contributed by atoms with Crippen molar-refractivity contribution in [1.82, 2.24) is 9.97 Å². The van der Waals surface area contributed by atoms with Gasteiger partial charge in [-0.15, -0.1) is 0 Å². The van der Waals surface area contributed by atoms with Gasteiger partial charge >= 0.3 is 0 Å². The number of hydrogen-bond donors (Lipinski definition) is 2. The van der Waals surface area contributed by atoms with Crippen LogP contribution in [0.15, 0.2) is 36.9 Å². The third-order valence-electron chi connectivity index (χ3n) is 3.35. The maximum absolute atomic E-state index is 10.4. The number of benzene rings is 1. The minimum absolute atomic E-state index is 0.0685. The fourth-order valence-electron chi connectivity index (χ4n) is 2.39. The zero-order valence-corrected chi connectivity index (χ0v) is 10.2. The Hall–Kier alpha value is -2.14. The lowest BCUT2D eigenvalue weighted by atomic mass is 9.88. The van der Waals surface area contributed by atoms with Gasteiger partial charge in [-0.2, -0.15) is 0 Å². The number of aliphatic hydroxyl groups excluding tert-OH is 1.